The van der Waals surface area contributed by atoms with Gasteiger partial charge < -0.3 is 10.2 Å². The molecule has 0 spiro atoms. The predicted octanol–water partition coefficient (Wildman–Crippen LogP) is 3.21. The highest BCUT2D eigenvalue weighted by atomic mass is 35.5. The lowest BCUT2D eigenvalue weighted by atomic mass is 10.1. The third-order valence-corrected chi connectivity index (χ3v) is 7.10. The van der Waals surface area contributed by atoms with E-state index in [-0.39, 0.29) is 17.3 Å². The maximum absolute atomic E-state index is 13.2. The molecule has 0 saturated carbocycles. The number of sulfonamides is 1. The molecule has 174 valence electrons. The molecule has 0 radical (unpaired) electrons. The smallest absolute Gasteiger partial charge is 0.243 e. The Morgan fingerprint density at radius 3 is 2.38 bits per heavy atom. The zero-order valence-electron chi connectivity index (χ0n) is 18.8. The van der Waals surface area contributed by atoms with Crippen molar-refractivity contribution in [3.8, 4) is 0 Å². The molecule has 0 heterocycles. The van der Waals surface area contributed by atoms with Crippen molar-refractivity contribution in [2.75, 3.05) is 20.1 Å². The van der Waals surface area contributed by atoms with Gasteiger partial charge in [0.15, 0.2) is 0 Å². The first kappa shape index (κ1) is 25.8. The molecule has 2 aromatic rings. The number of nitrogens with one attached hydrogen (secondary N) is 1. The topological polar surface area (TPSA) is 86.8 Å². The minimum Gasteiger partial charge on any atom is -0.354 e. The molecular formula is C23H30ClN3O4S. The number of carbonyl (C=O) groups excluding carboxylic acids is 2. The Hall–Kier alpha value is -2.42. The fourth-order valence-corrected chi connectivity index (χ4v) is 4.40. The van der Waals surface area contributed by atoms with Crippen molar-refractivity contribution in [1.82, 2.24) is 14.5 Å². The summed E-state index contributed by atoms with van der Waals surface area (Å²) < 4.78 is 26.8. The van der Waals surface area contributed by atoms with Crippen LogP contribution in [0.2, 0.25) is 5.02 Å². The van der Waals surface area contributed by atoms with E-state index < -0.39 is 28.5 Å². The van der Waals surface area contributed by atoms with Gasteiger partial charge in [-0.1, -0.05) is 48.4 Å². The summed E-state index contributed by atoms with van der Waals surface area (Å²) in [6.45, 7) is 5.64. The third-order valence-electron chi connectivity index (χ3n) is 5.05. The maximum Gasteiger partial charge on any atom is 0.243 e. The minimum absolute atomic E-state index is 0.105. The van der Waals surface area contributed by atoms with Crippen LogP contribution in [0.3, 0.4) is 0 Å². The number of hydrogen-bond acceptors (Lipinski definition) is 4. The highest BCUT2D eigenvalue weighted by Gasteiger charge is 2.30. The molecule has 1 unspecified atom stereocenters. The number of benzene rings is 2. The molecule has 0 aliphatic rings. The molecule has 7 nitrogen and oxygen atoms in total. The molecule has 0 aromatic heterocycles. The number of halogens is 1. The van der Waals surface area contributed by atoms with E-state index in [0.29, 0.717) is 11.6 Å². The Bertz CT molecular complexity index is 1040. The van der Waals surface area contributed by atoms with Gasteiger partial charge >= 0.3 is 0 Å². The molecule has 0 saturated heterocycles. The van der Waals surface area contributed by atoms with Crippen LogP contribution in [-0.2, 0) is 26.2 Å². The van der Waals surface area contributed by atoms with Crippen LogP contribution in [0, 0.1) is 6.92 Å². The molecule has 32 heavy (non-hydrogen) atoms. The molecule has 0 fully saturated rings. The summed E-state index contributed by atoms with van der Waals surface area (Å²) in [5.74, 6) is -0.784. The van der Waals surface area contributed by atoms with Crippen LogP contribution >= 0.6 is 11.6 Å². The largest absolute Gasteiger partial charge is 0.354 e. The lowest BCUT2D eigenvalue weighted by Crippen LogP contribution is -2.50. The van der Waals surface area contributed by atoms with E-state index in [2.05, 4.69) is 5.32 Å². The van der Waals surface area contributed by atoms with Crippen LogP contribution in [0.5, 0.6) is 0 Å². The Morgan fingerprint density at radius 2 is 1.78 bits per heavy atom. The number of nitrogens with zero attached hydrogens (tertiary/aromatic N) is 2. The van der Waals surface area contributed by atoms with Crippen LogP contribution in [0.4, 0.5) is 0 Å². The van der Waals surface area contributed by atoms with Crippen molar-refractivity contribution >= 4 is 33.4 Å². The Morgan fingerprint density at radius 1 is 1.12 bits per heavy atom. The Kier molecular flexibility index (Phi) is 9.24. The number of likely N-dealkylation sites (N-methyl/N-ethyl adjacent to an activating group) is 1. The van der Waals surface area contributed by atoms with Gasteiger partial charge in [0.2, 0.25) is 21.8 Å². The van der Waals surface area contributed by atoms with Gasteiger partial charge in [0, 0.05) is 25.2 Å². The molecule has 1 atom stereocenters. The van der Waals surface area contributed by atoms with Gasteiger partial charge in [0.25, 0.3) is 0 Å². The van der Waals surface area contributed by atoms with E-state index in [1.807, 2.05) is 13.8 Å². The van der Waals surface area contributed by atoms with Crippen LogP contribution in [0.1, 0.15) is 31.4 Å². The molecule has 0 aliphatic heterocycles. The lowest BCUT2D eigenvalue weighted by Gasteiger charge is -2.30. The van der Waals surface area contributed by atoms with Crippen molar-refractivity contribution in [3.05, 3.63) is 64.7 Å². The summed E-state index contributed by atoms with van der Waals surface area (Å²) in [7, 11) is -2.51. The Labute approximate surface area is 195 Å². The van der Waals surface area contributed by atoms with Crippen molar-refractivity contribution in [2.24, 2.45) is 0 Å². The first-order chi connectivity index (χ1) is 15.1. The fourth-order valence-electron chi connectivity index (χ4n) is 3.07. The molecule has 2 amide bonds. The molecule has 0 aliphatic carbocycles. The van der Waals surface area contributed by atoms with E-state index >= 15 is 0 Å². The molecular weight excluding hydrogens is 450 g/mol. The second kappa shape index (κ2) is 11.4. The normalized spacial score (nSPS) is 12.4. The molecule has 2 rings (SSSR count). The predicted molar refractivity (Wildman–Crippen MR) is 126 cm³/mol. The molecule has 0 bridgehead atoms. The highest BCUT2D eigenvalue weighted by molar-refractivity contribution is 7.89. The maximum atomic E-state index is 13.2. The van der Waals surface area contributed by atoms with Gasteiger partial charge in [-0.05, 0) is 50.1 Å². The van der Waals surface area contributed by atoms with E-state index in [0.717, 1.165) is 21.9 Å². The first-order valence-electron chi connectivity index (χ1n) is 10.4. The summed E-state index contributed by atoms with van der Waals surface area (Å²) >= 11 is 6.07. The summed E-state index contributed by atoms with van der Waals surface area (Å²) in [6, 6.07) is 12.6. The van der Waals surface area contributed by atoms with Gasteiger partial charge in [-0.2, -0.15) is 4.31 Å². The summed E-state index contributed by atoms with van der Waals surface area (Å²) in [4.78, 5) is 27.3. The third kappa shape index (κ3) is 6.79. The van der Waals surface area contributed by atoms with Crippen LogP contribution in [-0.4, -0.2) is 55.6 Å². The van der Waals surface area contributed by atoms with E-state index in [4.69, 9.17) is 11.6 Å². The summed E-state index contributed by atoms with van der Waals surface area (Å²) in [6.07, 6.45) is 0.762. The monoisotopic (exact) mass is 479 g/mol. The SMILES string of the molecule is CCCNC(=O)C(C)N(Cc1cccc(Cl)c1)C(=O)CN(C)S(=O)(=O)c1ccc(C)cc1. The number of amides is 2. The Balaban J connectivity index is 2.25. The quantitative estimate of drug-likeness (QED) is 0.566. The number of hydrogen-bond donors (Lipinski definition) is 1. The van der Waals surface area contributed by atoms with Crippen molar-refractivity contribution < 1.29 is 18.0 Å². The van der Waals surface area contributed by atoms with E-state index in [1.165, 1.54) is 24.1 Å². The zero-order chi connectivity index (χ0) is 23.9. The average molecular weight is 480 g/mol. The number of rotatable bonds is 10. The van der Waals surface area contributed by atoms with Gasteiger partial charge in [-0.25, -0.2) is 8.42 Å². The van der Waals surface area contributed by atoms with E-state index in [1.54, 1.807) is 43.3 Å². The minimum atomic E-state index is -3.86. The fraction of sp³-hybridized carbons (Fsp3) is 0.391. The van der Waals surface area contributed by atoms with Crippen LogP contribution < -0.4 is 5.32 Å². The van der Waals surface area contributed by atoms with Crippen LogP contribution in [0.25, 0.3) is 0 Å². The van der Waals surface area contributed by atoms with Gasteiger partial charge in [-0.3, -0.25) is 9.59 Å². The van der Waals surface area contributed by atoms with Crippen molar-refractivity contribution in [3.63, 3.8) is 0 Å². The lowest BCUT2D eigenvalue weighted by molar-refractivity contribution is -0.140. The highest BCUT2D eigenvalue weighted by Crippen LogP contribution is 2.18. The average Bonchev–Trinajstić information content (AvgIpc) is 2.75. The first-order valence-corrected chi connectivity index (χ1v) is 12.2. The summed E-state index contributed by atoms with van der Waals surface area (Å²) in [5, 5.41) is 3.30. The number of aryl methyl sites for hydroxylation is 1. The van der Waals surface area contributed by atoms with Gasteiger partial charge in [0.05, 0.1) is 11.4 Å². The van der Waals surface area contributed by atoms with Gasteiger partial charge in [-0.15, -0.1) is 0 Å². The van der Waals surface area contributed by atoms with Crippen molar-refractivity contribution in [2.45, 2.75) is 44.7 Å². The van der Waals surface area contributed by atoms with Crippen molar-refractivity contribution in [1.29, 1.82) is 0 Å². The molecule has 9 heteroatoms. The second-order valence-corrected chi connectivity index (χ2v) is 10.2. The molecule has 2 aromatic carbocycles. The van der Waals surface area contributed by atoms with E-state index in [9.17, 15) is 18.0 Å². The van der Waals surface area contributed by atoms with Crippen LogP contribution in [0.15, 0.2) is 53.4 Å². The standard InChI is InChI=1S/C23H30ClN3O4S/c1-5-13-25-23(29)18(3)27(15-19-7-6-8-20(24)14-19)22(28)16-26(4)32(30,31)21-11-9-17(2)10-12-21/h6-12,14,18H,5,13,15-16H2,1-4H3,(H,25,29). The number of carbonyl (C=O) groups is 2. The second-order valence-electron chi connectivity index (χ2n) is 7.69. The zero-order valence-corrected chi connectivity index (χ0v) is 20.4. The summed E-state index contributed by atoms with van der Waals surface area (Å²) in [5.41, 5.74) is 1.67. The molecule has 1 N–H and O–H groups in total. The van der Waals surface area contributed by atoms with Gasteiger partial charge in [0.1, 0.15) is 6.04 Å².